The van der Waals surface area contributed by atoms with Crippen molar-refractivity contribution in [3.8, 4) is 11.5 Å². The first-order chi connectivity index (χ1) is 9.10. The highest BCUT2D eigenvalue weighted by Gasteiger charge is 2.12. The van der Waals surface area contributed by atoms with E-state index in [0.29, 0.717) is 12.3 Å². The summed E-state index contributed by atoms with van der Waals surface area (Å²) in [7, 11) is 1.51. The van der Waals surface area contributed by atoms with Gasteiger partial charge in [0.25, 0.3) is 5.91 Å². The van der Waals surface area contributed by atoms with Crippen LogP contribution in [0.15, 0.2) is 24.4 Å². The maximum Gasteiger partial charge on any atom is 0.255 e. The van der Waals surface area contributed by atoms with E-state index in [1.54, 1.807) is 12.3 Å². The Morgan fingerprint density at radius 3 is 2.95 bits per heavy atom. The molecule has 0 atom stereocenters. The van der Waals surface area contributed by atoms with Crippen LogP contribution in [-0.4, -0.2) is 23.1 Å². The second kappa shape index (κ2) is 5.71. The number of nitrogens with one attached hydrogen (secondary N) is 1. The van der Waals surface area contributed by atoms with Gasteiger partial charge in [-0.3, -0.25) is 4.79 Å². The van der Waals surface area contributed by atoms with Gasteiger partial charge in [-0.2, -0.15) is 0 Å². The SMILES string of the molecule is COc1ccc(O)c(C(=O)NCc2ncc(C)s2)c1. The third-order valence-corrected chi connectivity index (χ3v) is 3.43. The summed E-state index contributed by atoms with van der Waals surface area (Å²) >= 11 is 1.52. The summed E-state index contributed by atoms with van der Waals surface area (Å²) in [5.74, 6) is 0.0888. The first-order valence-corrected chi connectivity index (χ1v) is 6.48. The van der Waals surface area contributed by atoms with Gasteiger partial charge in [0.1, 0.15) is 16.5 Å². The second-order valence-electron chi connectivity index (χ2n) is 3.93. The van der Waals surface area contributed by atoms with Crippen molar-refractivity contribution >= 4 is 17.2 Å². The topological polar surface area (TPSA) is 71.5 Å². The zero-order valence-corrected chi connectivity index (χ0v) is 11.5. The van der Waals surface area contributed by atoms with Gasteiger partial charge in [-0.15, -0.1) is 11.3 Å². The first kappa shape index (κ1) is 13.4. The van der Waals surface area contributed by atoms with Crippen LogP contribution in [0, 0.1) is 6.92 Å². The van der Waals surface area contributed by atoms with Gasteiger partial charge in [-0.1, -0.05) is 0 Å². The van der Waals surface area contributed by atoms with E-state index in [0.717, 1.165) is 9.88 Å². The smallest absolute Gasteiger partial charge is 0.255 e. The Morgan fingerprint density at radius 1 is 1.53 bits per heavy atom. The summed E-state index contributed by atoms with van der Waals surface area (Å²) in [6.45, 7) is 2.30. The average molecular weight is 278 g/mol. The molecule has 0 unspecified atom stereocenters. The number of benzene rings is 1. The zero-order valence-electron chi connectivity index (χ0n) is 10.6. The minimum Gasteiger partial charge on any atom is -0.507 e. The van der Waals surface area contributed by atoms with Crippen LogP contribution in [0.2, 0.25) is 0 Å². The number of hydrogen-bond acceptors (Lipinski definition) is 5. The Bertz CT molecular complexity index is 595. The lowest BCUT2D eigenvalue weighted by Crippen LogP contribution is -2.22. The van der Waals surface area contributed by atoms with E-state index < -0.39 is 0 Å². The van der Waals surface area contributed by atoms with Crippen LogP contribution in [0.3, 0.4) is 0 Å². The number of methoxy groups -OCH3 is 1. The van der Waals surface area contributed by atoms with Crippen molar-refractivity contribution in [3.05, 3.63) is 39.8 Å². The van der Waals surface area contributed by atoms with Gasteiger partial charge in [0.05, 0.1) is 19.2 Å². The molecule has 1 aromatic heterocycles. The highest BCUT2D eigenvalue weighted by Crippen LogP contribution is 2.22. The monoisotopic (exact) mass is 278 g/mol. The van der Waals surface area contributed by atoms with Crippen molar-refractivity contribution in [1.29, 1.82) is 0 Å². The summed E-state index contributed by atoms with van der Waals surface area (Å²) in [4.78, 5) is 17.2. The van der Waals surface area contributed by atoms with Gasteiger partial charge in [-0.05, 0) is 25.1 Å². The minimum atomic E-state index is -0.357. The number of carbonyl (C=O) groups is 1. The molecular weight excluding hydrogens is 264 g/mol. The summed E-state index contributed by atoms with van der Waals surface area (Å²) in [6, 6.07) is 4.52. The molecule has 0 fully saturated rings. The number of aromatic hydroxyl groups is 1. The molecule has 0 aliphatic heterocycles. The molecule has 1 amide bonds. The van der Waals surface area contributed by atoms with Crippen LogP contribution < -0.4 is 10.1 Å². The molecule has 19 heavy (non-hydrogen) atoms. The van der Waals surface area contributed by atoms with Gasteiger partial charge in [0, 0.05) is 11.1 Å². The highest BCUT2D eigenvalue weighted by molar-refractivity contribution is 7.11. The summed E-state index contributed by atoms with van der Waals surface area (Å²) in [6.07, 6.45) is 1.76. The van der Waals surface area contributed by atoms with Gasteiger partial charge >= 0.3 is 0 Å². The van der Waals surface area contributed by atoms with E-state index in [2.05, 4.69) is 10.3 Å². The lowest BCUT2D eigenvalue weighted by Gasteiger charge is -2.07. The number of phenols is 1. The maximum absolute atomic E-state index is 12.0. The number of carbonyl (C=O) groups excluding carboxylic acids is 1. The van der Waals surface area contributed by atoms with Crippen molar-refractivity contribution < 1.29 is 14.6 Å². The summed E-state index contributed by atoms with van der Waals surface area (Å²) < 4.78 is 5.02. The lowest BCUT2D eigenvalue weighted by atomic mass is 10.2. The fourth-order valence-corrected chi connectivity index (χ4v) is 2.29. The predicted molar refractivity (Wildman–Crippen MR) is 72.7 cm³/mol. The van der Waals surface area contributed by atoms with Crippen molar-refractivity contribution in [2.45, 2.75) is 13.5 Å². The van der Waals surface area contributed by atoms with Gasteiger partial charge < -0.3 is 15.2 Å². The second-order valence-corrected chi connectivity index (χ2v) is 5.25. The van der Waals surface area contributed by atoms with Crippen LogP contribution in [0.4, 0.5) is 0 Å². The first-order valence-electron chi connectivity index (χ1n) is 5.66. The van der Waals surface area contributed by atoms with Gasteiger partial charge in [-0.25, -0.2) is 4.98 Å². The van der Waals surface area contributed by atoms with Crippen molar-refractivity contribution in [1.82, 2.24) is 10.3 Å². The molecule has 5 nitrogen and oxygen atoms in total. The molecule has 100 valence electrons. The maximum atomic E-state index is 12.0. The zero-order chi connectivity index (χ0) is 13.8. The average Bonchev–Trinajstić information content (AvgIpc) is 2.82. The molecule has 0 saturated heterocycles. The van der Waals surface area contributed by atoms with Gasteiger partial charge in [0.2, 0.25) is 0 Å². The molecule has 2 rings (SSSR count). The Morgan fingerprint density at radius 2 is 2.32 bits per heavy atom. The van der Waals surface area contributed by atoms with E-state index in [9.17, 15) is 9.90 Å². The van der Waals surface area contributed by atoms with E-state index in [1.165, 1.54) is 30.6 Å². The lowest BCUT2D eigenvalue weighted by molar-refractivity contribution is 0.0948. The summed E-state index contributed by atoms with van der Waals surface area (Å²) in [5, 5.41) is 13.2. The molecule has 0 saturated carbocycles. The third kappa shape index (κ3) is 3.23. The van der Waals surface area contributed by atoms with Crippen LogP contribution in [0.5, 0.6) is 11.5 Å². The molecule has 0 aliphatic rings. The predicted octanol–water partition coefficient (Wildman–Crippen LogP) is 2.10. The molecule has 0 aliphatic carbocycles. The van der Waals surface area contributed by atoms with Crippen LogP contribution in [0.1, 0.15) is 20.2 Å². The highest BCUT2D eigenvalue weighted by atomic mass is 32.1. The van der Waals surface area contributed by atoms with E-state index >= 15 is 0 Å². The molecule has 6 heteroatoms. The van der Waals surface area contributed by atoms with E-state index in [4.69, 9.17) is 4.74 Å². The molecule has 2 aromatic rings. The van der Waals surface area contributed by atoms with Gasteiger partial charge in [0.15, 0.2) is 0 Å². The number of aromatic nitrogens is 1. The normalized spacial score (nSPS) is 10.2. The van der Waals surface area contributed by atoms with Crippen molar-refractivity contribution in [3.63, 3.8) is 0 Å². The molecule has 0 bridgehead atoms. The quantitative estimate of drug-likeness (QED) is 0.898. The van der Waals surface area contributed by atoms with E-state index in [-0.39, 0.29) is 17.2 Å². The third-order valence-electron chi connectivity index (χ3n) is 2.52. The number of aryl methyl sites for hydroxylation is 1. The Kier molecular flexibility index (Phi) is 4.01. The Balaban J connectivity index is 2.07. The number of phenolic OH excluding ortho intramolecular Hbond substituents is 1. The molecule has 2 N–H and O–H groups in total. The summed E-state index contributed by atoms with van der Waals surface area (Å²) in [5.41, 5.74) is 0.188. The molecule has 1 aromatic carbocycles. The number of thiazole rings is 1. The molecular formula is C13H14N2O3S. The van der Waals surface area contributed by atoms with Crippen LogP contribution in [0.25, 0.3) is 0 Å². The van der Waals surface area contributed by atoms with E-state index in [1.807, 2.05) is 6.92 Å². The fraction of sp³-hybridized carbons (Fsp3) is 0.231. The number of amides is 1. The fourth-order valence-electron chi connectivity index (χ4n) is 1.56. The van der Waals surface area contributed by atoms with Crippen molar-refractivity contribution in [2.24, 2.45) is 0 Å². The number of ether oxygens (including phenoxy) is 1. The Hall–Kier alpha value is -2.08. The largest absolute Gasteiger partial charge is 0.507 e. The molecule has 0 radical (unpaired) electrons. The standard InChI is InChI=1S/C13H14N2O3S/c1-8-6-14-12(19-8)7-15-13(17)10-5-9(18-2)3-4-11(10)16/h3-6,16H,7H2,1-2H3,(H,15,17). The minimum absolute atomic E-state index is 0.0754. The number of hydrogen-bond donors (Lipinski definition) is 2. The Labute approximate surface area is 114 Å². The van der Waals surface area contributed by atoms with Crippen LogP contribution in [-0.2, 0) is 6.54 Å². The number of rotatable bonds is 4. The van der Waals surface area contributed by atoms with Crippen molar-refractivity contribution in [2.75, 3.05) is 7.11 Å². The van der Waals surface area contributed by atoms with Crippen LogP contribution >= 0.6 is 11.3 Å². The molecule has 1 heterocycles. The molecule has 0 spiro atoms. The number of nitrogens with zero attached hydrogens (tertiary/aromatic N) is 1.